The molecular formula is C79H37F3Ir6N8O12S-6. The molecule has 0 aliphatic heterocycles. The Morgan fingerprint density at radius 1 is 0.422 bits per heavy atom. The van der Waals surface area contributed by atoms with Gasteiger partial charge in [-0.05, 0) is 79.8 Å². The van der Waals surface area contributed by atoms with Crippen molar-refractivity contribution in [3.8, 4) is 6.07 Å². The number of benzene rings is 8. The van der Waals surface area contributed by atoms with Crippen LogP contribution < -0.4 is 33.8 Å². The standard InChI is InChI=1S/2C16H8NO2.C13H5F3NO2.C13H5N2O2.C11H7N2O2.C10H4NO2S.6Ir/c18-16-13-8-4-3-7-12(13)14-15(19-16)11-6-2-1-5-10(11)9-17-14;18-16-14-11-5-2-1-4-10(11)7-8-12(14)15-13(19-16)6-3-9-17-15;14-13(15,16)8-4-1-3-7-10(8)12(18)19-9-5-2-6-17-11(7)9;14-7-8-3-4-9-10(6-8)13(16)17-11-2-1-5-15-12(9)11;1-13-6-12-9-7-4-2-3-5-8(7)11(14)15-10(9)13;12-9-7-4-2-1-3-6(7)8-10(13-9)14-5-11-8;;;;;;/h1-6,8-9H;1-7,9H;1-2,4-6H;1-3,5-6H;2-3,5-6H,1H3;1-2,4-5H;;;;;;/q6*-1;;;;;;. The number of halogens is 3. The Hall–Kier alpha value is -10.3. The van der Waals surface area contributed by atoms with Gasteiger partial charge in [0.2, 0.25) is 0 Å². The fourth-order valence-corrected chi connectivity index (χ4v) is 12.2. The van der Waals surface area contributed by atoms with Crippen molar-refractivity contribution in [2.24, 2.45) is 7.05 Å². The molecule has 12 heterocycles. The van der Waals surface area contributed by atoms with Gasteiger partial charge in [0, 0.05) is 197 Å². The second kappa shape index (κ2) is 35.4. The third kappa shape index (κ3) is 16.4. The molecule has 30 heteroatoms. The van der Waals surface area contributed by atoms with E-state index in [1.165, 1.54) is 41.8 Å². The van der Waals surface area contributed by atoms with Crippen molar-refractivity contribution in [3.05, 3.63) is 317 Å². The van der Waals surface area contributed by atoms with Crippen LogP contribution in [0.25, 0.3) is 152 Å². The minimum absolute atomic E-state index is 0. The Labute approximate surface area is 692 Å². The number of nitriles is 1. The van der Waals surface area contributed by atoms with Crippen LogP contribution in [0.15, 0.2) is 262 Å². The predicted molar refractivity (Wildman–Crippen MR) is 381 cm³/mol. The molecule has 0 aliphatic rings. The van der Waals surface area contributed by atoms with Crippen LogP contribution in [0, 0.1) is 47.7 Å². The summed E-state index contributed by atoms with van der Waals surface area (Å²) in [4.78, 5) is 96.5. The summed E-state index contributed by atoms with van der Waals surface area (Å²) in [5, 5.41) is 17.8. The van der Waals surface area contributed by atoms with Crippen LogP contribution in [0.3, 0.4) is 0 Å². The van der Waals surface area contributed by atoms with Crippen molar-refractivity contribution in [2.45, 2.75) is 6.18 Å². The van der Waals surface area contributed by atoms with Crippen molar-refractivity contribution < 1.29 is 160 Å². The monoisotopic (exact) mass is 2540 g/mol. The number of alkyl halides is 3. The van der Waals surface area contributed by atoms with E-state index in [1.54, 1.807) is 121 Å². The zero-order valence-electron chi connectivity index (χ0n) is 54.6. The van der Waals surface area contributed by atoms with Gasteiger partial charge >= 0.3 is 17.4 Å². The minimum Gasteiger partial charge on any atom is -0.438 e. The van der Waals surface area contributed by atoms with E-state index in [4.69, 9.17) is 31.8 Å². The summed E-state index contributed by atoms with van der Waals surface area (Å²) >= 11 is 1.32. The molecule has 20 aromatic rings. The first-order chi connectivity index (χ1) is 50.1. The van der Waals surface area contributed by atoms with E-state index in [0.29, 0.717) is 109 Å². The fourth-order valence-electron chi connectivity index (χ4n) is 11.5. The molecule has 0 unspecified atom stereocenters. The van der Waals surface area contributed by atoms with E-state index in [0.717, 1.165) is 39.1 Å². The van der Waals surface area contributed by atoms with E-state index in [9.17, 15) is 41.9 Å². The van der Waals surface area contributed by atoms with Gasteiger partial charge < -0.3 is 51.0 Å². The normalized spacial score (nSPS) is 10.7. The molecule has 12 aromatic heterocycles. The van der Waals surface area contributed by atoms with Gasteiger partial charge in [0.25, 0.3) is 22.5 Å². The molecule has 0 saturated carbocycles. The SMILES string of the molecule is Cn1cnc2c3[c-]cccc3c(=O)oc21.N#Cc1c[c-]c2c(c1)c(=O)oc1cccnc12.O=c1oc2c3ccccc3cnc2c2[c-]cccc12.O=c1oc2cccnc2c2[c-]cc3ccccc3c12.O=c1oc2cccnc2c2[c-]ccc(C(F)(F)F)c12.O=c1oc2scnc2c2[c-]cccc12.[Ir].[Ir].[Ir].[Ir].[Ir].[Ir]. The molecule has 0 N–H and O–H groups in total. The Bertz CT molecular complexity index is 7260. The summed E-state index contributed by atoms with van der Waals surface area (Å²) in [6.07, 6.45) is 3.49. The molecule has 0 bridgehead atoms. The topological polar surface area (TPSA) is 287 Å². The van der Waals surface area contributed by atoms with Gasteiger partial charge in [-0.25, -0.2) is 5.26 Å². The average Bonchev–Trinajstić information content (AvgIpc) is 0.913. The maximum absolute atomic E-state index is 12.9. The number of pyridine rings is 4. The minimum atomic E-state index is -4.63. The maximum Gasteiger partial charge on any atom is 0.400 e. The van der Waals surface area contributed by atoms with E-state index in [2.05, 4.69) is 66.3 Å². The summed E-state index contributed by atoms with van der Waals surface area (Å²) in [5.74, 6) is 0. The number of hydrogen-bond acceptors (Lipinski definition) is 20. The summed E-state index contributed by atoms with van der Waals surface area (Å²) in [6.45, 7) is 0. The second-order valence-corrected chi connectivity index (χ2v) is 23.2. The second-order valence-electron chi connectivity index (χ2n) is 22.3. The van der Waals surface area contributed by atoms with Crippen LogP contribution in [0.1, 0.15) is 11.1 Å². The molecule has 8 aromatic carbocycles. The Balaban J connectivity index is 0.000000150. The molecule has 0 atom stereocenters. The summed E-state index contributed by atoms with van der Waals surface area (Å²) in [5.41, 5.74) is 3.66. The third-order valence-corrected chi connectivity index (χ3v) is 16.9. The maximum atomic E-state index is 12.9. The third-order valence-electron chi connectivity index (χ3n) is 16.2. The fraction of sp³-hybridized carbons (Fsp3) is 0.0253. The number of aryl methyl sites for hydroxylation is 1. The molecule has 0 spiro atoms. The van der Waals surface area contributed by atoms with Crippen LogP contribution >= 0.6 is 11.3 Å². The quantitative estimate of drug-likeness (QED) is 0.101. The van der Waals surface area contributed by atoms with Crippen LogP contribution in [-0.4, -0.2) is 34.5 Å². The molecule has 0 saturated heterocycles. The van der Waals surface area contributed by atoms with Crippen LogP contribution in [0.4, 0.5) is 13.2 Å². The number of hydrogen-bond donors (Lipinski definition) is 0. The molecule has 0 amide bonds. The van der Waals surface area contributed by atoms with Crippen LogP contribution in [-0.2, 0) is 134 Å². The molecule has 552 valence electrons. The van der Waals surface area contributed by atoms with Gasteiger partial charge in [-0.1, -0.05) is 70.6 Å². The number of imidazole rings is 1. The van der Waals surface area contributed by atoms with Crippen LogP contribution in [0.2, 0.25) is 0 Å². The largest absolute Gasteiger partial charge is 0.438 e. The molecule has 109 heavy (non-hydrogen) atoms. The first kappa shape index (κ1) is 82.8. The Morgan fingerprint density at radius 3 is 1.50 bits per heavy atom. The number of nitrogens with zero attached hydrogens (tertiary/aromatic N) is 8. The number of fused-ring (bicyclic) bond motifs is 22. The average molecular weight is 2530 g/mol. The molecule has 20 rings (SSSR count). The zero-order chi connectivity index (χ0) is 71.0. The molecule has 20 nitrogen and oxygen atoms in total. The number of thiazole rings is 1. The summed E-state index contributed by atoms with van der Waals surface area (Å²) in [7, 11) is 1.78. The van der Waals surface area contributed by atoms with Gasteiger partial charge in [-0.2, -0.15) is 13.2 Å². The molecular weight excluding hydrogens is 2500 g/mol. The Kier molecular flexibility index (Phi) is 26.9. The van der Waals surface area contributed by atoms with Crippen molar-refractivity contribution in [1.29, 1.82) is 5.26 Å². The van der Waals surface area contributed by atoms with Gasteiger partial charge in [0.05, 0.1) is 17.4 Å². The molecule has 6 radical (unpaired) electrons. The van der Waals surface area contributed by atoms with Crippen molar-refractivity contribution in [3.63, 3.8) is 0 Å². The van der Waals surface area contributed by atoms with E-state index in [1.807, 2.05) is 60.7 Å². The first-order valence-electron chi connectivity index (χ1n) is 30.7. The Morgan fingerprint density at radius 2 is 0.899 bits per heavy atom. The smallest absolute Gasteiger partial charge is 0.400 e. The zero-order valence-corrected chi connectivity index (χ0v) is 69.8. The van der Waals surface area contributed by atoms with E-state index >= 15 is 0 Å². The van der Waals surface area contributed by atoms with Crippen molar-refractivity contribution >= 4 is 164 Å². The predicted octanol–water partition coefficient (Wildman–Crippen LogP) is 15.4. The van der Waals surface area contributed by atoms with Crippen molar-refractivity contribution in [1.82, 2.24) is 34.5 Å². The summed E-state index contributed by atoms with van der Waals surface area (Å²) < 4.78 is 71.4. The molecule has 0 aliphatic carbocycles. The molecule has 0 fully saturated rings. The van der Waals surface area contributed by atoms with E-state index in [-0.39, 0.29) is 160 Å². The van der Waals surface area contributed by atoms with Gasteiger partial charge in [-0.15, -0.1) is 154 Å². The van der Waals surface area contributed by atoms with Crippen LogP contribution in [0.5, 0.6) is 0 Å². The first-order valence-corrected chi connectivity index (χ1v) is 31.5. The van der Waals surface area contributed by atoms with Gasteiger partial charge in [0.1, 0.15) is 22.3 Å². The number of rotatable bonds is 0. The summed E-state index contributed by atoms with van der Waals surface area (Å²) in [6, 6.07) is 67.6. The number of aromatic nitrogens is 7. The van der Waals surface area contributed by atoms with Gasteiger partial charge in [0.15, 0.2) is 10.6 Å². The van der Waals surface area contributed by atoms with Gasteiger partial charge in [-0.3, -0.25) is 38.7 Å². The van der Waals surface area contributed by atoms with Crippen molar-refractivity contribution in [2.75, 3.05) is 0 Å². The van der Waals surface area contributed by atoms with E-state index < -0.39 is 28.4 Å².